The predicted octanol–water partition coefficient (Wildman–Crippen LogP) is 0.419. The van der Waals surface area contributed by atoms with Gasteiger partial charge in [-0.05, 0) is 6.54 Å². The minimum absolute atomic E-state index is 0.140. The number of hydrogen-bond acceptors (Lipinski definition) is 3. The van der Waals surface area contributed by atoms with E-state index in [4.69, 9.17) is 10.5 Å². The number of ether oxygens (including phenoxy) is 1. The van der Waals surface area contributed by atoms with Gasteiger partial charge in [0.05, 0.1) is 19.6 Å². The molecule has 1 amide bonds. The average molecular weight is 228 g/mol. The van der Waals surface area contributed by atoms with Crippen LogP contribution in [0.5, 0.6) is 0 Å². The molecule has 0 aliphatic rings. The number of likely N-dealkylation sites (N-methyl/N-ethyl adjacent to an activating group) is 1. The second-order valence-corrected chi connectivity index (χ2v) is 2.95. The molecule has 90 valence electrons. The molecule has 0 heterocycles. The molecule has 1 atom stereocenters. The molecule has 15 heavy (non-hydrogen) atoms. The number of carbonyl (C=O) groups excluding carboxylic acids is 1. The zero-order valence-electron chi connectivity index (χ0n) is 8.43. The van der Waals surface area contributed by atoms with Crippen LogP contribution in [0.15, 0.2) is 0 Å². The Balaban J connectivity index is 3.67. The van der Waals surface area contributed by atoms with E-state index in [1.165, 1.54) is 0 Å². The number of hydrogen-bond donors (Lipinski definition) is 2. The molecule has 0 fully saturated rings. The Morgan fingerprint density at radius 1 is 1.53 bits per heavy atom. The Bertz CT molecular complexity index is 197. The summed E-state index contributed by atoms with van der Waals surface area (Å²) in [4.78, 5) is 10.7. The molecule has 0 aromatic heterocycles. The van der Waals surface area contributed by atoms with Gasteiger partial charge in [0.2, 0.25) is 5.91 Å². The molecule has 1 unspecified atom stereocenters. The van der Waals surface area contributed by atoms with Crippen molar-refractivity contribution in [3.8, 4) is 0 Å². The lowest BCUT2D eigenvalue weighted by Gasteiger charge is -2.14. The average Bonchev–Trinajstić information content (AvgIpc) is 2.08. The van der Waals surface area contributed by atoms with Crippen molar-refractivity contribution >= 4 is 5.91 Å². The third-order valence-electron chi connectivity index (χ3n) is 1.61. The molecule has 0 aliphatic heterocycles. The fourth-order valence-corrected chi connectivity index (χ4v) is 0.877. The van der Waals surface area contributed by atoms with Crippen molar-refractivity contribution < 1.29 is 22.7 Å². The standard InChI is InChI=1S/C8H15F3N2O2/c1-2-13-6(7(12)14)5-15-4-3-8(9,10)11/h6,13H,2-5H2,1H3,(H2,12,14). The van der Waals surface area contributed by atoms with Gasteiger partial charge in [0.15, 0.2) is 0 Å². The maximum atomic E-state index is 11.7. The maximum absolute atomic E-state index is 11.7. The first-order chi connectivity index (χ1) is 6.87. The molecule has 3 N–H and O–H groups in total. The summed E-state index contributed by atoms with van der Waals surface area (Å²) in [6.45, 7) is 1.65. The molecule has 0 aromatic carbocycles. The van der Waals surface area contributed by atoms with Crippen molar-refractivity contribution in [1.82, 2.24) is 5.32 Å². The number of amides is 1. The largest absolute Gasteiger partial charge is 0.391 e. The molecule has 0 bridgehead atoms. The van der Waals surface area contributed by atoms with E-state index in [-0.39, 0.29) is 6.61 Å². The third-order valence-corrected chi connectivity index (χ3v) is 1.61. The van der Waals surface area contributed by atoms with Crippen LogP contribution in [0, 0.1) is 0 Å². The highest BCUT2D eigenvalue weighted by atomic mass is 19.4. The summed E-state index contributed by atoms with van der Waals surface area (Å²) in [5.74, 6) is -0.635. The van der Waals surface area contributed by atoms with E-state index < -0.39 is 31.2 Å². The second-order valence-electron chi connectivity index (χ2n) is 2.95. The fraction of sp³-hybridized carbons (Fsp3) is 0.875. The topological polar surface area (TPSA) is 64.3 Å². The molecular weight excluding hydrogens is 213 g/mol. The summed E-state index contributed by atoms with van der Waals surface area (Å²) in [5.41, 5.74) is 4.99. The van der Waals surface area contributed by atoms with Crippen LogP contribution in [-0.2, 0) is 9.53 Å². The summed E-state index contributed by atoms with van der Waals surface area (Å²) in [5, 5.41) is 2.70. The van der Waals surface area contributed by atoms with E-state index in [0.717, 1.165) is 0 Å². The number of halogens is 3. The summed E-state index contributed by atoms with van der Waals surface area (Å²) in [6.07, 6.45) is -5.26. The van der Waals surface area contributed by atoms with E-state index in [1.54, 1.807) is 6.92 Å². The monoisotopic (exact) mass is 228 g/mol. The van der Waals surface area contributed by atoms with Crippen LogP contribution in [0.4, 0.5) is 13.2 Å². The highest BCUT2D eigenvalue weighted by Gasteiger charge is 2.26. The summed E-state index contributed by atoms with van der Waals surface area (Å²) in [6, 6.07) is -0.733. The number of carbonyl (C=O) groups is 1. The second kappa shape index (κ2) is 6.62. The van der Waals surface area contributed by atoms with Crippen LogP contribution in [0.3, 0.4) is 0 Å². The van der Waals surface area contributed by atoms with Crippen molar-refractivity contribution in [3.05, 3.63) is 0 Å². The van der Waals surface area contributed by atoms with Crippen molar-refractivity contribution in [2.45, 2.75) is 25.6 Å². The normalized spacial score (nSPS) is 13.9. The molecule has 0 spiro atoms. The van der Waals surface area contributed by atoms with Gasteiger partial charge in [-0.1, -0.05) is 6.92 Å². The number of rotatable bonds is 7. The third kappa shape index (κ3) is 8.19. The molecule has 0 saturated carbocycles. The van der Waals surface area contributed by atoms with Crippen LogP contribution in [0.2, 0.25) is 0 Å². The highest BCUT2D eigenvalue weighted by molar-refractivity contribution is 5.79. The Morgan fingerprint density at radius 3 is 2.53 bits per heavy atom. The van der Waals surface area contributed by atoms with E-state index in [9.17, 15) is 18.0 Å². The van der Waals surface area contributed by atoms with E-state index in [2.05, 4.69) is 5.32 Å². The quantitative estimate of drug-likeness (QED) is 0.621. The van der Waals surface area contributed by atoms with Gasteiger partial charge >= 0.3 is 6.18 Å². The van der Waals surface area contributed by atoms with Crippen LogP contribution in [0.1, 0.15) is 13.3 Å². The fourth-order valence-electron chi connectivity index (χ4n) is 0.877. The number of nitrogens with one attached hydrogen (secondary N) is 1. The molecular formula is C8H15F3N2O2. The SMILES string of the molecule is CCNC(COCCC(F)(F)F)C(N)=O. The minimum Gasteiger partial charge on any atom is -0.379 e. The van der Waals surface area contributed by atoms with Crippen LogP contribution in [0.25, 0.3) is 0 Å². The van der Waals surface area contributed by atoms with Gasteiger partial charge in [-0.2, -0.15) is 13.2 Å². The lowest BCUT2D eigenvalue weighted by Crippen LogP contribution is -2.44. The van der Waals surface area contributed by atoms with E-state index >= 15 is 0 Å². The van der Waals surface area contributed by atoms with E-state index in [1.807, 2.05) is 0 Å². The number of alkyl halides is 3. The summed E-state index contributed by atoms with van der Waals surface area (Å²) in [7, 11) is 0. The first-order valence-corrected chi connectivity index (χ1v) is 4.54. The predicted molar refractivity (Wildman–Crippen MR) is 48.2 cm³/mol. The maximum Gasteiger partial charge on any atom is 0.391 e. The first-order valence-electron chi connectivity index (χ1n) is 4.54. The van der Waals surface area contributed by atoms with Crippen LogP contribution in [-0.4, -0.2) is 37.9 Å². The van der Waals surface area contributed by atoms with Crippen LogP contribution >= 0.6 is 0 Å². The minimum atomic E-state index is -4.24. The lowest BCUT2D eigenvalue weighted by molar-refractivity contribution is -0.146. The van der Waals surface area contributed by atoms with Crippen molar-refractivity contribution in [2.24, 2.45) is 5.73 Å². The summed E-state index contributed by atoms with van der Waals surface area (Å²) < 4.78 is 39.8. The first kappa shape index (κ1) is 14.2. The number of nitrogens with two attached hydrogens (primary N) is 1. The molecule has 0 radical (unpaired) electrons. The van der Waals surface area contributed by atoms with Gasteiger partial charge < -0.3 is 15.8 Å². The van der Waals surface area contributed by atoms with E-state index in [0.29, 0.717) is 6.54 Å². The van der Waals surface area contributed by atoms with Crippen molar-refractivity contribution in [3.63, 3.8) is 0 Å². The van der Waals surface area contributed by atoms with Gasteiger partial charge in [0.25, 0.3) is 0 Å². The Labute approximate surface area is 86.0 Å². The van der Waals surface area contributed by atoms with Crippen molar-refractivity contribution in [1.29, 1.82) is 0 Å². The van der Waals surface area contributed by atoms with Gasteiger partial charge in [0, 0.05) is 0 Å². The molecule has 4 nitrogen and oxygen atoms in total. The highest BCUT2D eigenvalue weighted by Crippen LogP contribution is 2.18. The Kier molecular flexibility index (Phi) is 6.26. The van der Waals surface area contributed by atoms with Gasteiger partial charge in [0.1, 0.15) is 6.04 Å². The Morgan fingerprint density at radius 2 is 2.13 bits per heavy atom. The summed E-state index contributed by atoms with van der Waals surface area (Å²) >= 11 is 0. The molecule has 7 heteroatoms. The lowest BCUT2D eigenvalue weighted by atomic mass is 10.3. The zero-order valence-corrected chi connectivity index (χ0v) is 8.43. The molecule has 0 rings (SSSR count). The zero-order chi connectivity index (χ0) is 11.9. The number of primary amides is 1. The molecule has 0 saturated heterocycles. The van der Waals surface area contributed by atoms with Crippen LogP contribution < -0.4 is 11.1 Å². The van der Waals surface area contributed by atoms with Gasteiger partial charge in [-0.15, -0.1) is 0 Å². The molecule has 0 aromatic rings. The van der Waals surface area contributed by atoms with Gasteiger partial charge in [-0.25, -0.2) is 0 Å². The Hall–Kier alpha value is -0.820. The molecule has 0 aliphatic carbocycles. The van der Waals surface area contributed by atoms with Crippen molar-refractivity contribution in [2.75, 3.05) is 19.8 Å². The van der Waals surface area contributed by atoms with Gasteiger partial charge in [-0.3, -0.25) is 4.79 Å². The smallest absolute Gasteiger partial charge is 0.379 e.